The van der Waals surface area contributed by atoms with Crippen LogP contribution in [0.5, 0.6) is 5.75 Å². The molecule has 0 aliphatic heterocycles. The molecule has 108 valence electrons. The van der Waals surface area contributed by atoms with Crippen molar-refractivity contribution in [2.24, 2.45) is 5.92 Å². The fourth-order valence-corrected chi connectivity index (χ4v) is 1.45. The quantitative estimate of drug-likeness (QED) is 0.469. The van der Waals surface area contributed by atoms with Crippen LogP contribution in [-0.2, 0) is 9.53 Å². The molecule has 0 amide bonds. The Kier molecular flexibility index (Phi) is 7.17. The molecule has 1 rings (SSSR count). The first-order valence-corrected chi connectivity index (χ1v) is 7.38. The fourth-order valence-electron chi connectivity index (χ4n) is 1.31. The van der Waals surface area contributed by atoms with Crippen LogP contribution in [0.3, 0.4) is 0 Å². The highest BCUT2D eigenvalue weighted by Gasteiger charge is 2.19. The number of aryl methyl sites for hydroxylation is 1. The van der Waals surface area contributed by atoms with Gasteiger partial charge in [0.05, 0.1) is 0 Å². The van der Waals surface area contributed by atoms with E-state index in [-0.39, 0.29) is 29.9 Å². The maximum absolute atomic E-state index is 11.5. The monoisotopic (exact) mass is 338 g/mol. The van der Waals surface area contributed by atoms with E-state index >= 15 is 0 Å². The molecule has 1 aromatic carbocycles. The smallest absolute Gasteiger partial charge is 0.320 e. The normalized spacial score (nSPS) is 11.4. The van der Waals surface area contributed by atoms with Gasteiger partial charge in [-0.15, -0.1) is 0 Å². The molecule has 1 unspecified atom stereocenters. The standard InChI is InChI=1S/C16H19BrO3/c1-12(2)15(17)16(18)20-11-5-4-10-19-14-8-6-13(3)7-9-14/h6-9,12,15H,10-11H2,1-3H3. The molecule has 20 heavy (non-hydrogen) atoms. The summed E-state index contributed by atoms with van der Waals surface area (Å²) >= 11 is 3.28. The Labute approximate surface area is 128 Å². The third kappa shape index (κ3) is 6.12. The summed E-state index contributed by atoms with van der Waals surface area (Å²) in [7, 11) is 0. The number of carbonyl (C=O) groups excluding carboxylic acids is 1. The zero-order valence-corrected chi connectivity index (χ0v) is 13.6. The zero-order valence-electron chi connectivity index (χ0n) is 12.0. The van der Waals surface area contributed by atoms with E-state index in [9.17, 15) is 4.79 Å². The zero-order chi connectivity index (χ0) is 15.0. The van der Waals surface area contributed by atoms with Crippen LogP contribution < -0.4 is 4.74 Å². The largest absolute Gasteiger partial charge is 0.481 e. The third-order valence-electron chi connectivity index (χ3n) is 2.55. The van der Waals surface area contributed by atoms with Gasteiger partial charge in [0, 0.05) is 0 Å². The Morgan fingerprint density at radius 3 is 2.40 bits per heavy atom. The van der Waals surface area contributed by atoms with Gasteiger partial charge in [-0.05, 0) is 25.0 Å². The van der Waals surface area contributed by atoms with Crippen LogP contribution in [0, 0.1) is 24.7 Å². The van der Waals surface area contributed by atoms with Gasteiger partial charge in [-0.1, -0.05) is 59.3 Å². The van der Waals surface area contributed by atoms with Crippen LogP contribution in [0.4, 0.5) is 0 Å². The molecule has 0 N–H and O–H groups in total. The Hall–Kier alpha value is -1.47. The maximum atomic E-state index is 11.5. The van der Waals surface area contributed by atoms with Gasteiger partial charge in [-0.2, -0.15) is 0 Å². The Morgan fingerprint density at radius 1 is 1.20 bits per heavy atom. The van der Waals surface area contributed by atoms with Crippen LogP contribution in [-0.4, -0.2) is 24.0 Å². The average Bonchev–Trinajstić information content (AvgIpc) is 2.43. The minimum atomic E-state index is -0.284. The highest BCUT2D eigenvalue weighted by molar-refractivity contribution is 9.10. The van der Waals surface area contributed by atoms with E-state index in [1.807, 2.05) is 45.0 Å². The molecule has 3 nitrogen and oxygen atoms in total. The van der Waals surface area contributed by atoms with E-state index in [0.29, 0.717) is 0 Å². The van der Waals surface area contributed by atoms with Crippen molar-refractivity contribution in [3.63, 3.8) is 0 Å². The first kappa shape index (κ1) is 16.6. The molecule has 0 aliphatic rings. The number of hydrogen-bond acceptors (Lipinski definition) is 3. The van der Waals surface area contributed by atoms with Crippen molar-refractivity contribution in [2.45, 2.75) is 25.6 Å². The predicted octanol–water partition coefficient (Wildman–Crippen LogP) is 3.34. The number of hydrogen-bond donors (Lipinski definition) is 0. The van der Waals surface area contributed by atoms with Crippen molar-refractivity contribution in [2.75, 3.05) is 13.2 Å². The highest BCUT2D eigenvalue weighted by Crippen LogP contribution is 2.13. The molecule has 1 atom stereocenters. The first-order valence-electron chi connectivity index (χ1n) is 6.46. The van der Waals surface area contributed by atoms with Crippen LogP contribution in [0.1, 0.15) is 19.4 Å². The lowest BCUT2D eigenvalue weighted by atomic mass is 10.1. The lowest BCUT2D eigenvalue weighted by molar-refractivity contribution is -0.142. The summed E-state index contributed by atoms with van der Waals surface area (Å²) in [5, 5.41) is 0. The molecule has 0 bridgehead atoms. The summed E-state index contributed by atoms with van der Waals surface area (Å²) in [6, 6.07) is 7.75. The van der Waals surface area contributed by atoms with Crippen molar-refractivity contribution in [1.82, 2.24) is 0 Å². The summed E-state index contributed by atoms with van der Waals surface area (Å²) in [6.45, 7) is 6.28. The molecule has 0 aromatic heterocycles. The fraction of sp³-hybridized carbons (Fsp3) is 0.438. The second-order valence-corrected chi connectivity index (χ2v) is 5.70. The number of carbonyl (C=O) groups is 1. The molecule has 0 heterocycles. The van der Waals surface area contributed by atoms with Gasteiger partial charge in [0.15, 0.2) is 6.61 Å². The number of rotatable bonds is 5. The Balaban J connectivity index is 2.24. The lowest BCUT2D eigenvalue weighted by Gasteiger charge is -2.10. The molecule has 0 saturated heterocycles. The van der Waals surface area contributed by atoms with Gasteiger partial charge >= 0.3 is 5.97 Å². The second-order valence-electron chi connectivity index (χ2n) is 4.71. The predicted molar refractivity (Wildman–Crippen MR) is 83.0 cm³/mol. The van der Waals surface area contributed by atoms with Crippen LogP contribution >= 0.6 is 15.9 Å². The Morgan fingerprint density at radius 2 is 1.80 bits per heavy atom. The summed E-state index contributed by atoms with van der Waals surface area (Å²) in [5.41, 5.74) is 1.19. The molecule has 4 heteroatoms. The van der Waals surface area contributed by atoms with Crippen LogP contribution in [0.15, 0.2) is 24.3 Å². The van der Waals surface area contributed by atoms with E-state index in [2.05, 4.69) is 27.8 Å². The van der Waals surface area contributed by atoms with Gasteiger partial charge in [-0.3, -0.25) is 4.79 Å². The van der Waals surface area contributed by atoms with Gasteiger partial charge in [0.2, 0.25) is 0 Å². The molecule has 0 aliphatic carbocycles. The minimum absolute atomic E-state index is 0.0882. The van der Waals surface area contributed by atoms with Crippen molar-refractivity contribution in [3.8, 4) is 17.6 Å². The Bertz CT molecular complexity index is 483. The minimum Gasteiger partial charge on any atom is -0.481 e. The van der Waals surface area contributed by atoms with Crippen molar-refractivity contribution in [3.05, 3.63) is 29.8 Å². The summed E-state index contributed by atoms with van der Waals surface area (Å²) in [6.07, 6.45) is 0. The van der Waals surface area contributed by atoms with Crippen molar-refractivity contribution < 1.29 is 14.3 Å². The molecule has 0 fully saturated rings. The van der Waals surface area contributed by atoms with Gasteiger partial charge in [0.1, 0.15) is 17.2 Å². The van der Waals surface area contributed by atoms with Gasteiger partial charge < -0.3 is 9.47 Å². The van der Waals surface area contributed by atoms with E-state index in [1.165, 1.54) is 5.56 Å². The lowest BCUT2D eigenvalue weighted by Crippen LogP contribution is -2.22. The molecule has 0 spiro atoms. The van der Waals surface area contributed by atoms with Crippen molar-refractivity contribution >= 4 is 21.9 Å². The van der Waals surface area contributed by atoms with E-state index in [4.69, 9.17) is 9.47 Å². The molecular weight excluding hydrogens is 320 g/mol. The first-order chi connectivity index (χ1) is 9.50. The summed E-state index contributed by atoms with van der Waals surface area (Å²) in [4.78, 5) is 11.2. The molecule has 1 aromatic rings. The SMILES string of the molecule is Cc1ccc(OCC#CCOC(=O)C(Br)C(C)C)cc1. The number of ether oxygens (including phenoxy) is 2. The van der Waals surface area contributed by atoms with Crippen molar-refractivity contribution in [1.29, 1.82) is 0 Å². The number of esters is 1. The molecule has 0 radical (unpaired) electrons. The topological polar surface area (TPSA) is 35.5 Å². The summed E-state index contributed by atoms with van der Waals surface area (Å²) in [5.74, 6) is 6.25. The van der Waals surface area contributed by atoms with E-state index < -0.39 is 0 Å². The van der Waals surface area contributed by atoms with Crippen LogP contribution in [0.2, 0.25) is 0 Å². The summed E-state index contributed by atoms with van der Waals surface area (Å²) < 4.78 is 10.4. The van der Waals surface area contributed by atoms with Crippen LogP contribution in [0.25, 0.3) is 0 Å². The second kappa shape index (κ2) is 8.65. The third-order valence-corrected chi connectivity index (χ3v) is 3.99. The number of halogens is 1. The average molecular weight is 339 g/mol. The number of alkyl halides is 1. The van der Waals surface area contributed by atoms with Gasteiger partial charge in [-0.25, -0.2) is 0 Å². The highest BCUT2D eigenvalue weighted by atomic mass is 79.9. The molecule has 0 saturated carbocycles. The van der Waals surface area contributed by atoms with E-state index in [1.54, 1.807) is 0 Å². The van der Waals surface area contributed by atoms with Gasteiger partial charge in [0.25, 0.3) is 0 Å². The molecular formula is C16H19BrO3. The number of benzene rings is 1. The van der Waals surface area contributed by atoms with E-state index in [0.717, 1.165) is 5.75 Å². The maximum Gasteiger partial charge on any atom is 0.320 e.